The highest BCUT2D eigenvalue weighted by atomic mass is 19.3. The Kier molecular flexibility index (Phi) is 5.02. The minimum Gasteiger partial charge on any atom is -0.435 e. The first-order chi connectivity index (χ1) is 10.4. The van der Waals surface area contributed by atoms with Gasteiger partial charge in [-0.05, 0) is 19.1 Å². The normalized spacial score (nSPS) is 11.0. The fourth-order valence-corrected chi connectivity index (χ4v) is 1.60. The van der Waals surface area contributed by atoms with Gasteiger partial charge < -0.3 is 19.3 Å². The lowest BCUT2D eigenvalue weighted by Gasteiger charge is -2.13. The Labute approximate surface area is 122 Å². The zero-order chi connectivity index (χ0) is 16.1. The molecule has 10 heteroatoms. The summed E-state index contributed by atoms with van der Waals surface area (Å²) in [5, 5.41) is 6.30. The highest BCUT2D eigenvalue weighted by Crippen LogP contribution is 2.31. The summed E-state index contributed by atoms with van der Waals surface area (Å²) in [7, 11) is 0. The summed E-state index contributed by atoms with van der Waals surface area (Å²) in [6.07, 6.45) is 0. The van der Waals surface area contributed by atoms with E-state index in [-0.39, 0.29) is 29.6 Å². The molecular formula is C12H11F4N3O3. The number of aromatic nitrogens is 2. The second kappa shape index (κ2) is 6.96. The number of ether oxygens (including phenoxy) is 2. The second-order valence-corrected chi connectivity index (χ2v) is 4.00. The van der Waals surface area contributed by atoms with Gasteiger partial charge in [-0.2, -0.15) is 22.5 Å². The maximum atomic E-state index is 12.4. The molecule has 0 aliphatic heterocycles. The van der Waals surface area contributed by atoms with Gasteiger partial charge in [0, 0.05) is 6.07 Å². The van der Waals surface area contributed by atoms with Crippen LogP contribution in [0.4, 0.5) is 23.2 Å². The summed E-state index contributed by atoms with van der Waals surface area (Å²) in [6.45, 7) is -4.52. The highest BCUT2D eigenvalue weighted by Gasteiger charge is 2.14. The Morgan fingerprint density at radius 2 is 1.91 bits per heavy atom. The van der Waals surface area contributed by atoms with E-state index in [1.165, 1.54) is 12.1 Å². The van der Waals surface area contributed by atoms with Gasteiger partial charge in [0.1, 0.15) is 5.75 Å². The lowest BCUT2D eigenvalue weighted by molar-refractivity contribution is -0.0539. The number of nitrogens with one attached hydrogen (secondary N) is 1. The maximum absolute atomic E-state index is 12.4. The summed E-state index contributed by atoms with van der Waals surface area (Å²) in [4.78, 5) is 3.92. The Morgan fingerprint density at radius 1 is 1.18 bits per heavy atom. The number of rotatable bonds is 7. The first-order valence-corrected chi connectivity index (χ1v) is 6.01. The van der Waals surface area contributed by atoms with Crippen LogP contribution < -0.4 is 14.8 Å². The molecule has 120 valence electrons. The molecule has 0 fully saturated rings. The molecule has 0 amide bonds. The van der Waals surface area contributed by atoms with Crippen LogP contribution in [0.2, 0.25) is 0 Å². The van der Waals surface area contributed by atoms with Gasteiger partial charge in [0.15, 0.2) is 11.6 Å². The monoisotopic (exact) mass is 321 g/mol. The molecule has 0 bridgehead atoms. The van der Waals surface area contributed by atoms with Crippen LogP contribution in [0.1, 0.15) is 11.7 Å². The van der Waals surface area contributed by atoms with Crippen LogP contribution in [0.3, 0.4) is 0 Å². The van der Waals surface area contributed by atoms with Crippen LogP contribution in [-0.2, 0) is 6.54 Å². The van der Waals surface area contributed by atoms with E-state index >= 15 is 0 Å². The standard InChI is InChI=1S/C12H11F4N3O3/c1-6-18-10(22-19-6)5-17-8-3-2-7(20-11(13)14)4-9(8)21-12(15)16/h2-4,11-12,17H,5H2,1H3. The van der Waals surface area contributed by atoms with Crippen molar-refractivity contribution in [1.29, 1.82) is 0 Å². The smallest absolute Gasteiger partial charge is 0.387 e. The number of alkyl halides is 4. The molecule has 1 aromatic carbocycles. The number of benzene rings is 1. The van der Waals surface area contributed by atoms with Crippen LogP contribution >= 0.6 is 0 Å². The molecule has 6 nitrogen and oxygen atoms in total. The van der Waals surface area contributed by atoms with Crippen LogP contribution in [0.5, 0.6) is 11.5 Å². The van der Waals surface area contributed by atoms with Gasteiger partial charge in [-0.3, -0.25) is 0 Å². The Balaban J connectivity index is 2.13. The van der Waals surface area contributed by atoms with Gasteiger partial charge in [-0.1, -0.05) is 5.16 Å². The first-order valence-electron chi connectivity index (χ1n) is 6.01. The fraction of sp³-hybridized carbons (Fsp3) is 0.333. The average molecular weight is 321 g/mol. The minimum atomic E-state index is -3.12. The van der Waals surface area contributed by atoms with E-state index in [2.05, 4.69) is 24.9 Å². The zero-order valence-electron chi connectivity index (χ0n) is 11.2. The molecule has 0 aliphatic carbocycles. The van der Waals surface area contributed by atoms with Crippen molar-refractivity contribution in [3.05, 3.63) is 29.9 Å². The summed E-state index contributed by atoms with van der Waals surface area (Å²) in [5.74, 6) is 0.00385. The van der Waals surface area contributed by atoms with Crippen molar-refractivity contribution in [3.63, 3.8) is 0 Å². The van der Waals surface area contributed by atoms with Crippen molar-refractivity contribution in [3.8, 4) is 11.5 Å². The van der Waals surface area contributed by atoms with Gasteiger partial charge in [-0.25, -0.2) is 0 Å². The quantitative estimate of drug-likeness (QED) is 0.790. The lowest BCUT2D eigenvalue weighted by atomic mass is 10.2. The van der Waals surface area contributed by atoms with E-state index in [4.69, 9.17) is 4.52 Å². The van der Waals surface area contributed by atoms with Gasteiger partial charge >= 0.3 is 13.2 Å². The molecule has 0 atom stereocenters. The predicted octanol–water partition coefficient (Wildman–Crippen LogP) is 3.19. The van der Waals surface area contributed by atoms with Gasteiger partial charge in [0.2, 0.25) is 5.89 Å². The van der Waals surface area contributed by atoms with Crippen molar-refractivity contribution >= 4 is 5.69 Å². The van der Waals surface area contributed by atoms with E-state index in [9.17, 15) is 17.6 Å². The van der Waals surface area contributed by atoms with Crippen LogP contribution in [0.25, 0.3) is 0 Å². The third-order valence-corrected chi connectivity index (χ3v) is 2.39. The number of hydrogen-bond donors (Lipinski definition) is 1. The maximum Gasteiger partial charge on any atom is 0.387 e. The van der Waals surface area contributed by atoms with Crippen LogP contribution in [0.15, 0.2) is 22.7 Å². The molecule has 0 unspecified atom stereocenters. The van der Waals surface area contributed by atoms with E-state index in [0.29, 0.717) is 5.82 Å². The molecule has 0 radical (unpaired) electrons. The van der Waals surface area contributed by atoms with E-state index in [1.807, 2.05) is 0 Å². The van der Waals surface area contributed by atoms with Gasteiger partial charge in [0.25, 0.3) is 0 Å². The van der Waals surface area contributed by atoms with Crippen molar-refractivity contribution in [2.24, 2.45) is 0 Å². The molecule has 2 rings (SSSR count). The number of hydrogen-bond acceptors (Lipinski definition) is 6. The number of aryl methyl sites for hydroxylation is 1. The largest absolute Gasteiger partial charge is 0.435 e. The molecule has 1 aromatic heterocycles. The number of halogens is 4. The second-order valence-electron chi connectivity index (χ2n) is 4.00. The van der Waals surface area contributed by atoms with Crippen molar-refractivity contribution in [2.75, 3.05) is 5.32 Å². The van der Waals surface area contributed by atoms with Crippen LogP contribution in [-0.4, -0.2) is 23.4 Å². The molecule has 0 spiro atoms. The molecule has 1 N–H and O–H groups in total. The fourth-order valence-electron chi connectivity index (χ4n) is 1.60. The summed E-state index contributed by atoms with van der Waals surface area (Å²) in [5.41, 5.74) is 0.137. The third-order valence-electron chi connectivity index (χ3n) is 2.39. The molecular weight excluding hydrogens is 310 g/mol. The molecule has 2 aromatic rings. The molecule has 0 saturated carbocycles. The first kappa shape index (κ1) is 15.9. The minimum absolute atomic E-state index is 0.0511. The van der Waals surface area contributed by atoms with Crippen molar-refractivity contribution in [1.82, 2.24) is 10.1 Å². The number of nitrogens with zero attached hydrogens (tertiary/aromatic N) is 2. The molecule has 0 saturated heterocycles. The highest BCUT2D eigenvalue weighted by molar-refractivity contribution is 5.59. The summed E-state index contributed by atoms with van der Waals surface area (Å²) < 4.78 is 62.3. The molecule has 1 heterocycles. The molecule has 0 aliphatic rings. The summed E-state index contributed by atoms with van der Waals surface area (Å²) >= 11 is 0. The summed E-state index contributed by atoms with van der Waals surface area (Å²) in [6, 6.07) is 3.38. The van der Waals surface area contributed by atoms with Gasteiger partial charge in [0.05, 0.1) is 12.2 Å². The SMILES string of the molecule is Cc1noc(CNc2ccc(OC(F)F)cc2OC(F)F)n1. The van der Waals surface area contributed by atoms with E-state index in [0.717, 1.165) is 6.07 Å². The lowest BCUT2D eigenvalue weighted by Crippen LogP contribution is -2.08. The van der Waals surface area contributed by atoms with E-state index < -0.39 is 13.2 Å². The number of anilines is 1. The topological polar surface area (TPSA) is 69.4 Å². The van der Waals surface area contributed by atoms with Gasteiger partial charge in [-0.15, -0.1) is 0 Å². The average Bonchev–Trinajstić information content (AvgIpc) is 2.82. The third kappa shape index (κ3) is 4.50. The predicted molar refractivity (Wildman–Crippen MR) is 66.1 cm³/mol. The zero-order valence-corrected chi connectivity index (χ0v) is 11.2. The van der Waals surface area contributed by atoms with Crippen LogP contribution in [0, 0.1) is 6.92 Å². The Morgan fingerprint density at radius 3 is 2.50 bits per heavy atom. The Bertz CT molecular complexity index is 621. The van der Waals surface area contributed by atoms with Crippen molar-refractivity contribution in [2.45, 2.75) is 26.7 Å². The molecule has 22 heavy (non-hydrogen) atoms. The Hall–Kier alpha value is -2.52. The van der Waals surface area contributed by atoms with E-state index in [1.54, 1.807) is 6.92 Å². The van der Waals surface area contributed by atoms with Crippen molar-refractivity contribution < 1.29 is 31.6 Å².